The topological polar surface area (TPSA) is 96.2 Å². The van der Waals surface area contributed by atoms with Gasteiger partial charge in [-0.3, -0.25) is 23.6 Å². The molecular formula is C22H28N6O3. The number of rotatable bonds is 5. The van der Waals surface area contributed by atoms with Crippen molar-refractivity contribution in [2.45, 2.75) is 26.3 Å². The van der Waals surface area contributed by atoms with E-state index < -0.39 is 11.2 Å². The van der Waals surface area contributed by atoms with Crippen LogP contribution in [0.5, 0.6) is 0 Å². The molecule has 0 spiro atoms. The molecule has 3 aromatic rings. The molecule has 1 aromatic carbocycles. The van der Waals surface area contributed by atoms with Crippen LogP contribution in [0.15, 0.2) is 33.9 Å². The Balaban J connectivity index is 1.33. The Morgan fingerprint density at radius 1 is 1.03 bits per heavy atom. The van der Waals surface area contributed by atoms with Crippen LogP contribution < -0.4 is 11.2 Å². The van der Waals surface area contributed by atoms with Gasteiger partial charge in [0.2, 0.25) is 5.91 Å². The molecule has 9 heteroatoms. The highest BCUT2D eigenvalue weighted by Gasteiger charge is 2.21. The minimum Gasteiger partial charge on any atom is -0.340 e. The first-order valence-electron chi connectivity index (χ1n) is 10.5. The summed E-state index contributed by atoms with van der Waals surface area (Å²) in [6.07, 6.45) is 0.709. The minimum absolute atomic E-state index is 0.0808. The summed E-state index contributed by atoms with van der Waals surface area (Å²) in [5, 5.41) is 0. The molecule has 0 atom stereocenters. The Labute approximate surface area is 179 Å². The maximum atomic E-state index is 12.7. The third-order valence-electron chi connectivity index (χ3n) is 5.97. The molecule has 1 N–H and O–H groups in total. The van der Waals surface area contributed by atoms with E-state index in [0.717, 1.165) is 24.2 Å². The van der Waals surface area contributed by atoms with Crippen LogP contribution in [0.3, 0.4) is 0 Å². The molecule has 2 aromatic heterocycles. The van der Waals surface area contributed by atoms with Gasteiger partial charge in [0.15, 0.2) is 5.65 Å². The SMILES string of the molecule is Cc1ccc(CN2CCN(C(=O)CCc3nc4c([nH]3)c(=O)n(C)c(=O)n4C)CC2)cc1. The Morgan fingerprint density at radius 2 is 1.71 bits per heavy atom. The van der Waals surface area contributed by atoms with E-state index in [9.17, 15) is 14.4 Å². The molecule has 3 heterocycles. The number of imidazole rings is 1. The number of aryl methyl sites for hydroxylation is 3. The number of aromatic amines is 1. The number of carbonyl (C=O) groups excluding carboxylic acids is 1. The fourth-order valence-corrected chi connectivity index (χ4v) is 3.98. The van der Waals surface area contributed by atoms with Gasteiger partial charge in [-0.15, -0.1) is 0 Å². The van der Waals surface area contributed by atoms with Crippen LogP contribution >= 0.6 is 0 Å². The predicted molar refractivity (Wildman–Crippen MR) is 118 cm³/mol. The smallest absolute Gasteiger partial charge is 0.332 e. The number of benzene rings is 1. The van der Waals surface area contributed by atoms with Crippen molar-refractivity contribution in [1.29, 1.82) is 0 Å². The Hall–Kier alpha value is -3.20. The van der Waals surface area contributed by atoms with Crippen molar-refractivity contribution in [2.75, 3.05) is 26.2 Å². The van der Waals surface area contributed by atoms with E-state index in [0.29, 0.717) is 37.4 Å². The molecule has 0 saturated carbocycles. The van der Waals surface area contributed by atoms with Crippen LogP contribution in [0.4, 0.5) is 0 Å². The van der Waals surface area contributed by atoms with Gasteiger partial charge in [0.1, 0.15) is 11.3 Å². The van der Waals surface area contributed by atoms with Crippen LogP contribution in [-0.2, 0) is 31.9 Å². The number of carbonyl (C=O) groups is 1. The lowest BCUT2D eigenvalue weighted by molar-refractivity contribution is -0.133. The maximum absolute atomic E-state index is 12.7. The highest BCUT2D eigenvalue weighted by atomic mass is 16.2. The van der Waals surface area contributed by atoms with Gasteiger partial charge in [-0.2, -0.15) is 0 Å². The van der Waals surface area contributed by atoms with Crippen molar-refractivity contribution >= 4 is 17.1 Å². The number of nitrogens with zero attached hydrogens (tertiary/aromatic N) is 5. The molecule has 9 nitrogen and oxygen atoms in total. The molecule has 1 amide bonds. The van der Waals surface area contributed by atoms with Gasteiger partial charge in [-0.05, 0) is 12.5 Å². The average molecular weight is 425 g/mol. The quantitative estimate of drug-likeness (QED) is 0.645. The molecule has 31 heavy (non-hydrogen) atoms. The lowest BCUT2D eigenvalue weighted by atomic mass is 10.1. The fourth-order valence-electron chi connectivity index (χ4n) is 3.98. The molecule has 0 bridgehead atoms. The number of hydrogen-bond donors (Lipinski definition) is 1. The molecule has 4 rings (SSSR count). The fraction of sp³-hybridized carbons (Fsp3) is 0.455. The van der Waals surface area contributed by atoms with E-state index in [1.54, 1.807) is 7.05 Å². The highest BCUT2D eigenvalue weighted by molar-refractivity contribution is 5.76. The number of H-pyrrole nitrogens is 1. The number of nitrogens with one attached hydrogen (secondary N) is 1. The lowest BCUT2D eigenvalue weighted by Crippen LogP contribution is -2.48. The van der Waals surface area contributed by atoms with Gasteiger partial charge in [0.05, 0.1) is 0 Å². The average Bonchev–Trinajstić information content (AvgIpc) is 3.21. The molecule has 1 saturated heterocycles. The molecular weight excluding hydrogens is 396 g/mol. The number of piperazine rings is 1. The number of amides is 1. The standard InChI is InChI=1S/C22H28N6O3/c1-15-4-6-16(7-5-15)14-27-10-12-28(13-11-27)18(29)9-8-17-23-19-20(24-17)25(2)22(31)26(3)21(19)30/h4-7H,8-14H2,1-3H3,(H,23,24). The van der Waals surface area contributed by atoms with Crippen molar-refractivity contribution in [3.63, 3.8) is 0 Å². The van der Waals surface area contributed by atoms with Crippen molar-refractivity contribution < 1.29 is 4.79 Å². The molecule has 1 aliphatic rings. The summed E-state index contributed by atoms with van der Waals surface area (Å²) in [6.45, 7) is 6.10. The predicted octanol–water partition coefficient (Wildman–Crippen LogP) is 0.546. The van der Waals surface area contributed by atoms with E-state index in [-0.39, 0.29) is 11.4 Å². The van der Waals surface area contributed by atoms with Gasteiger partial charge in [-0.1, -0.05) is 29.8 Å². The van der Waals surface area contributed by atoms with Crippen molar-refractivity contribution in [2.24, 2.45) is 14.1 Å². The Kier molecular flexibility index (Phi) is 5.77. The first-order chi connectivity index (χ1) is 14.8. The van der Waals surface area contributed by atoms with Crippen LogP contribution in [0.25, 0.3) is 11.2 Å². The van der Waals surface area contributed by atoms with E-state index in [4.69, 9.17) is 0 Å². The summed E-state index contributed by atoms with van der Waals surface area (Å²) in [5.41, 5.74) is 2.32. The molecule has 1 fully saturated rings. The van der Waals surface area contributed by atoms with Gasteiger partial charge in [-0.25, -0.2) is 9.78 Å². The van der Waals surface area contributed by atoms with E-state index in [2.05, 4.69) is 46.1 Å². The van der Waals surface area contributed by atoms with Crippen LogP contribution in [-0.4, -0.2) is 61.0 Å². The second-order valence-electron chi connectivity index (χ2n) is 8.23. The van der Waals surface area contributed by atoms with Gasteiger partial charge in [0, 0.05) is 59.7 Å². The van der Waals surface area contributed by atoms with E-state index in [1.807, 2.05) is 4.90 Å². The summed E-state index contributed by atoms with van der Waals surface area (Å²) in [6, 6.07) is 8.56. The van der Waals surface area contributed by atoms with E-state index in [1.165, 1.54) is 22.7 Å². The monoisotopic (exact) mass is 424 g/mol. The van der Waals surface area contributed by atoms with Crippen molar-refractivity contribution in [1.82, 2.24) is 28.9 Å². The Morgan fingerprint density at radius 3 is 2.39 bits per heavy atom. The zero-order valence-corrected chi connectivity index (χ0v) is 18.2. The van der Waals surface area contributed by atoms with Crippen molar-refractivity contribution in [3.8, 4) is 0 Å². The van der Waals surface area contributed by atoms with Crippen LogP contribution in [0.1, 0.15) is 23.4 Å². The van der Waals surface area contributed by atoms with Gasteiger partial charge >= 0.3 is 5.69 Å². The molecule has 0 aliphatic carbocycles. The first kappa shape index (κ1) is 21.0. The summed E-state index contributed by atoms with van der Waals surface area (Å²) >= 11 is 0. The lowest BCUT2D eigenvalue weighted by Gasteiger charge is -2.34. The maximum Gasteiger partial charge on any atom is 0.332 e. The summed E-state index contributed by atoms with van der Waals surface area (Å²) in [5.74, 6) is 0.622. The Bertz CT molecular complexity index is 1210. The zero-order chi connectivity index (χ0) is 22.1. The number of aromatic nitrogens is 4. The number of hydrogen-bond acceptors (Lipinski definition) is 5. The largest absolute Gasteiger partial charge is 0.340 e. The second kappa shape index (κ2) is 8.50. The molecule has 1 aliphatic heterocycles. The summed E-state index contributed by atoms with van der Waals surface area (Å²) in [4.78, 5) is 48.6. The molecule has 164 valence electrons. The van der Waals surface area contributed by atoms with Gasteiger partial charge in [0.25, 0.3) is 5.56 Å². The molecule has 0 radical (unpaired) electrons. The van der Waals surface area contributed by atoms with Crippen molar-refractivity contribution in [3.05, 3.63) is 62.1 Å². The van der Waals surface area contributed by atoms with Gasteiger partial charge < -0.3 is 9.88 Å². The van der Waals surface area contributed by atoms with Crippen LogP contribution in [0.2, 0.25) is 0 Å². The summed E-state index contributed by atoms with van der Waals surface area (Å²) < 4.78 is 2.39. The minimum atomic E-state index is -0.421. The highest BCUT2D eigenvalue weighted by Crippen LogP contribution is 2.12. The third kappa shape index (κ3) is 4.32. The second-order valence-corrected chi connectivity index (χ2v) is 8.23. The van der Waals surface area contributed by atoms with Crippen LogP contribution in [0, 0.1) is 6.92 Å². The first-order valence-corrected chi connectivity index (χ1v) is 10.5. The number of fused-ring (bicyclic) bond motifs is 1. The third-order valence-corrected chi connectivity index (χ3v) is 5.97. The summed E-state index contributed by atoms with van der Waals surface area (Å²) in [7, 11) is 3.02. The van der Waals surface area contributed by atoms with E-state index >= 15 is 0 Å². The molecule has 0 unspecified atom stereocenters. The zero-order valence-electron chi connectivity index (χ0n) is 18.2. The normalized spacial score (nSPS) is 15.0.